The minimum Gasteiger partial charge on any atom is -0.345 e. The Bertz CT molecular complexity index is 589. The predicted octanol–water partition coefficient (Wildman–Crippen LogP) is 2.05. The summed E-state index contributed by atoms with van der Waals surface area (Å²) in [4.78, 5) is 15.6. The molecule has 0 unspecified atom stereocenters. The molecule has 0 aliphatic heterocycles. The zero-order valence-electron chi connectivity index (χ0n) is 11.0. The Morgan fingerprint density at radius 1 is 1.47 bits per heavy atom. The Balaban J connectivity index is 2.18. The van der Waals surface area contributed by atoms with E-state index >= 15 is 0 Å². The zero-order chi connectivity index (χ0) is 14.0. The Morgan fingerprint density at radius 2 is 2.21 bits per heavy atom. The summed E-state index contributed by atoms with van der Waals surface area (Å²) in [7, 11) is 0. The molecule has 0 saturated heterocycles. The van der Waals surface area contributed by atoms with Crippen LogP contribution in [0.2, 0.25) is 0 Å². The van der Waals surface area contributed by atoms with Crippen LogP contribution >= 0.6 is 0 Å². The van der Waals surface area contributed by atoms with Gasteiger partial charge >= 0.3 is 0 Å². The monoisotopic (exact) mass is 262 g/mol. The van der Waals surface area contributed by atoms with Gasteiger partial charge in [0, 0.05) is 17.5 Å². The summed E-state index contributed by atoms with van der Waals surface area (Å²) in [6.45, 7) is 5.57. The molecule has 0 spiro atoms. The molecule has 2 aromatic heterocycles. The maximum absolute atomic E-state index is 13.4. The van der Waals surface area contributed by atoms with Crippen LogP contribution in [0, 0.1) is 19.7 Å². The van der Waals surface area contributed by atoms with Gasteiger partial charge in [0.15, 0.2) is 5.82 Å². The van der Waals surface area contributed by atoms with Gasteiger partial charge in [-0.25, -0.2) is 4.39 Å². The third-order valence-electron chi connectivity index (χ3n) is 2.98. The highest BCUT2D eigenvalue weighted by atomic mass is 19.1. The summed E-state index contributed by atoms with van der Waals surface area (Å²) in [5, 5.41) is 9.69. The molecule has 100 valence electrons. The molecule has 0 radical (unpaired) electrons. The lowest BCUT2D eigenvalue weighted by atomic mass is 10.1. The minimum absolute atomic E-state index is 0.0133. The highest BCUT2D eigenvalue weighted by Gasteiger charge is 2.18. The smallest absolute Gasteiger partial charge is 0.254 e. The standard InChI is InChI=1S/C13H15FN4O/c1-7(12-8(2)17-18-9(12)3)16-13(19)10-4-5-15-6-11(10)14/h4-7H,1-3H3,(H,16,19)(H,17,18)/t7-/m0/s1. The lowest BCUT2D eigenvalue weighted by Gasteiger charge is -2.14. The van der Waals surface area contributed by atoms with Crippen molar-refractivity contribution in [3.63, 3.8) is 0 Å². The number of amides is 1. The maximum atomic E-state index is 13.4. The topological polar surface area (TPSA) is 70.7 Å². The quantitative estimate of drug-likeness (QED) is 0.889. The average molecular weight is 262 g/mol. The maximum Gasteiger partial charge on any atom is 0.254 e. The second-order valence-corrected chi connectivity index (χ2v) is 4.40. The molecule has 2 aromatic rings. The molecule has 2 heterocycles. The van der Waals surface area contributed by atoms with Crippen molar-refractivity contribution in [3.8, 4) is 0 Å². The van der Waals surface area contributed by atoms with Crippen molar-refractivity contribution in [1.29, 1.82) is 0 Å². The van der Waals surface area contributed by atoms with Gasteiger partial charge in [0.2, 0.25) is 0 Å². The molecule has 1 atom stereocenters. The Labute approximate surface area is 110 Å². The Hall–Kier alpha value is -2.24. The van der Waals surface area contributed by atoms with Crippen LogP contribution in [0.3, 0.4) is 0 Å². The summed E-state index contributed by atoms with van der Waals surface area (Å²) >= 11 is 0. The van der Waals surface area contributed by atoms with Crippen LogP contribution in [0.25, 0.3) is 0 Å². The number of aromatic nitrogens is 3. The number of carbonyl (C=O) groups excluding carboxylic acids is 1. The molecule has 0 fully saturated rings. The van der Waals surface area contributed by atoms with Gasteiger partial charge in [-0.3, -0.25) is 14.9 Å². The predicted molar refractivity (Wildman–Crippen MR) is 68.1 cm³/mol. The number of nitrogens with one attached hydrogen (secondary N) is 2. The molecule has 6 heteroatoms. The molecule has 0 aliphatic rings. The number of pyridine rings is 1. The van der Waals surface area contributed by atoms with E-state index in [1.54, 1.807) is 0 Å². The van der Waals surface area contributed by atoms with Crippen LogP contribution in [0.4, 0.5) is 4.39 Å². The first-order chi connectivity index (χ1) is 9.00. The molecule has 0 aliphatic carbocycles. The van der Waals surface area contributed by atoms with E-state index in [9.17, 15) is 9.18 Å². The van der Waals surface area contributed by atoms with Crippen LogP contribution in [0.1, 0.15) is 40.3 Å². The largest absolute Gasteiger partial charge is 0.345 e. The van der Waals surface area contributed by atoms with Gasteiger partial charge in [-0.1, -0.05) is 0 Å². The first-order valence-corrected chi connectivity index (χ1v) is 5.92. The molecular formula is C13H15FN4O. The van der Waals surface area contributed by atoms with Gasteiger partial charge < -0.3 is 5.32 Å². The van der Waals surface area contributed by atoms with Crippen LogP contribution in [0.15, 0.2) is 18.5 Å². The van der Waals surface area contributed by atoms with Gasteiger partial charge in [-0.15, -0.1) is 0 Å². The van der Waals surface area contributed by atoms with Crippen molar-refractivity contribution in [3.05, 3.63) is 46.8 Å². The minimum atomic E-state index is -0.632. The lowest BCUT2D eigenvalue weighted by molar-refractivity contribution is 0.0935. The molecule has 5 nitrogen and oxygen atoms in total. The Morgan fingerprint density at radius 3 is 2.79 bits per heavy atom. The van der Waals surface area contributed by atoms with Crippen molar-refractivity contribution in [2.75, 3.05) is 0 Å². The van der Waals surface area contributed by atoms with Crippen LogP contribution in [-0.4, -0.2) is 21.1 Å². The van der Waals surface area contributed by atoms with E-state index in [4.69, 9.17) is 0 Å². The van der Waals surface area contributed by atoms with Gasteiger partial charge in [0.05, 0.1) is 23.5 Å². The van der Waals surface area contributed by atoms with Crippen molar-refractivity contribution in [2.24, 2.45) is 0 Å². The summed E-state index contributed by atoms with van der Waals surface area (Å²) in [6.07, 6.45) is 2.41. The average Bonchev–Trinajstić information content (AvgIpc) is 2.69. The van der Waals surface area contributed by atoms with E-state index in [1.807, 2.05) is 20.8 Å². The van der Waals surface area contributed by atoms with E-state index in [0.717, 1.165) is 23.1 Å². The van der Waals surface area contributed by atoms with E-state index < -0.39 is 11.7 Å². The third-order valence-corrected chi connectivity index (χ3v) is 2.98. The first-order valence-electron chi connectivity index (χ1n) is 5.92. The van der Waals surface area contributed by atoms with Crippen LogP contribution in [-0.2, 0) is 0 Å². The molecule has 2 N–H and O–H groups in total. The first kappa shape index (κ1) is 13.2. The number of aromatic amines is 1. The molecule has 0 aromatic carbocycles. The number of nitrogens with zero attached hydrogens (tertiary/aromatic N) is 2. The molecular weight excluding hydrogens is 247 g/mol. The summed E-state index contributed by atoms with van der Waals surface area (Å²) in [5.74, 6) is -1.10. The van der Waals surface area contributed by atoms with Gasteiger partial charge in [0.25, 0.3) is 5.91 Å². The number of hydrogen-bond acceptors (Lipinski definition) is 3. The second-order valence-electron chi connectivity index (χ2n) is 4.40. The lowest BCUT2D eigenvalue weighted by Crippen LogP contribution is -2.28. The molecule has 0 bridgehead atoms. The Kier molecular flexibility index (Phi) is 3.59. The van der Waals surface area contributed by atoms with E-state index in [1.165, 1.54) is 12.3 Å². The van der Waals surface area contributed by atoms with Gasteiger partial charge in [-0.05, 0) is 26.8 Å². The fourth-order valence-corrected chi connectivity index (χ4v) is 2.10. The summed E-state index contributed by atoms with van der Waals surface area (Å²) in [5.41, 5.74) is 2.62. The normalized spacial score (nSPS) is 12.2. The van der Waals surface area contributed by atoms with E-state index in [2.05, 4.69) is 20.5 Å². The van der Waals surface area contributed by atoms with E-state index in [-0.39, 0.29) is 11.6 Å². The number of rotatable bonds is 3. The molecule has 1 amide bonds. The third kappa shape index (κ3) is 2.62. The number of halogens is 1. The zero-order valence-corrected chi connectivity index (χ0v) is 11.0. The van der Waals surface area contributed by atoms with Crippen molar-refractivity contribution < 1.29 is 9.18 Å². The molecule has 0 saturated carbocycles. The fourth-order valence-electron chi connectivity index (χ4n) is 2.10. The number of carbonyl (C=O) groups is 1. The SMILES string of the molecule is Cc1n[nH]c(C)c1[C@H](C)NC(=O)c1ccncc1F. The second kappa shape index (κ2) is 5.17. The van der Waals surface area contributed by atoms with Crippen molar-refractivity contribution >= 4 is 5.91 Å². The number of hydrogen-bond donors (Lipinski definition) is 2. The van der Waals surface area contributed by atoms with Gasteiger partial charge in [-0.2, -0.15) is 5.10 Å². The summed E-state index contributed by atoms with van der Waals surface area (Å²) < 4.78 is 13.4. The molecule has 19 heavy (non-hydrogen) atoms. The number of H-pyrrole nitrogens is 1. The van der Waals surface area contributed by atoms with Crippen molar-refractivity contribution in [2.45, 2.75) is 26.8 Å². The van der Waals surface area contributed by atoms with Gasteiger partial charge in [0.1, 0.15) is 0 Å². The van der Waals surface area contributed by atoms with Crippen LogP contribution in [0.5, 0.6) is 0 Å². The fraction of sp³-hybridized carbons (Fsp3) is 0.308. The van der Waals surface area contributed by atoms with Crippen LogP contribution < -0.4 is 5.32 Å². The molecule has 2 rings (SSSR count). The highest BCUT2D eigenvalue weighted by Crippen LogP contribution is 2.19. The highest BCUT2D eigenvalue weighted by molar-refractivity contribution is 5.94. The van der Waals surface area contributed by atoms with Crippen molar-refractivity contribution in [1.82, 2.24) is 20.5 Å². The van der Waals surface area contributed by atoms with E-state index in [0.29, 0.717) is 0 Å². The number of aryl methyl sites for hydroxylation is 2. The summed E-state index contributed by atoms with van der Waals surface area (Å²) in [6, 6.07) is 1.10.